The number of aromatic nitrogens is 2. The number of carbonyl (C=O) groups excluding carboxylic acids is 1. The third-order valence-corrected chi connectivity index (χ3v) is 7.81. The van der Waals surface area contributed by atoms with Crippen molar-refractivity contribution in [2.24, 2.45) is 5.16 Å². The highest BCUT2D eigenvalue weighted by atomic mass is 32.1. The summed E-state index contributed by atoms with van der Waals surface area (Å²) in [6.45, 7) is 6.72. The number of rotatable bonds is 3. The molecule has 0 radical (unpaired) electrons. The number of nitrogens with one attached hydrogen (secondary N) is 1. The number of carbonyl (C=O) groups is 1. The van der Waals surface area contributed by atoms with Gasteiger partial charge in [-0.2, -0.15) is 0 Å². The van der Waals surface area contributed by atoms with E-state index in [1.807, 2.05) is 19.9 Å². The number of aryl methyl sites for hydroxylation is 1. The van der Waals surface area contributed by atoms with E-state index < -0.39 is 0 Å². The summed E-state index contributed by atoms with van der Waals surface area (Å²) in [4.78, 5) is 15.9. The molecular weight excluding hydrogens is 434 g/mol. The summed E-state index contributed by atoms with van der Waals surface area (Å²) in [7, 11) is 0. The third kappa shape index (κ3) is 3.78. The fourth-order valence-corrected chi connectivity index (χ4v) is 5.75. The molecule has 2 N–H and O–H groups in total. The van der Waals surface area contributed by atoms with Crippen LogP contribution in [-0.2, 0) is 0 Å². The molecular formula is C25H27N5O2S. The maximum atomic E-state index is 12.8. The average molecular weight is 462 g/mol. The van der Waals surface area contributed by atoms with Crippen LogP contribution in [0.1, 0.15) is 76.3 Å². The maximum Gasteiger partial charge on any atom is 0.265 e. The van der Waals surface area contributed by atoms with E-state index in [2.05, 4.69) is 68.3 Å². The molecule has 7 nitrogen and oxygen atoms in total. The Labute approximate surface area is 197 Å². The normalized spacial score (nSPS) is 22.1. The lowest BCUT2D eigenvalue weighted by atomic mass is 9.86. The first kappa shape index (κ1) is 21.6. The highest BCUT2D eigenvalue weighted by Gasteiger charge is 2.37. The van der Waals surface area contributed by atoms with Gasteiger partial charge in [-0.1, -0.05) is 46.9 Å². The van der Waals surface area contributed by atoms with Gasteiger partial charge < -0.3 is 15.4 Å². The summed E-state index contributed by atoms with van der Waals surface area (Å²) in [5.74, 6) is 0.118. The minimum Gasteiger partial charge on any atom is -0.411 e. The molecule has 2 aliphatic rings. The summed E-state index contributed by atoms with van der Waals surface area (Å²) >= 11 is 1.15. The van der Waals surface area contributed by atoms with Gasteiger partial charge in [0.05, 0.1) is 17.4 Å². The van der Waals surface area contributed by atoms with Crippen molar-refractivity contribution in [3.8, 4) is 0 Å². The van der Waals surface area contributed by atoms with E-state index in [0.29, 0.717) is 16.3 Å². The summed E-state index contributed by atoms with van der Waals surface area (Å²) < 4.78 is 3.90. The van der Waals surface area contributed by atoms with Crippen molar-refractivity contribution in [1.29, 1.82) is 0 Å². The van der Waals surface area contributed by atoms with Crippen LogP contribution in [0.3, 0.4) is 0 Å². The quantitative estimate of drug-likeness (QED) is 0.337. The topological polar surface area (TPSA) is 90.7 Å². The number of piperidine rings is 1. The monoisotopic (exact) mass is 461 g/mol. The first-order valence-electron chi connectivity index (χ1n) is 11.3. The highest BCUT2D eigenvalue weighted by Crippen LogP contribution is 2.46. The minimum atomic E-state index is -0.0833. The van der Waals surface area contributed by atoms with Crippen molar-refractivity contribution in [2.45, 2.75) is 51.6 Å². The van der Waals surface area contributed by atoms with Crippen molar-refractivity contribution in [3.63, 3.8) is 0 Å². The molecule has 3 atom stereocenters. The van der Waals surface area contributed by atoms with Crippen molar-refractivity contribution in [2.75, 3.05) is 11.4 Å². The lowest BCUT2D eigenvalue weighted by Gasteiger charge is -2.41. The molecule has 8 heteroatoms. The van der Waals surface area contributed by atoms with Gasteiger partial charge in [0.2, 0.25) is 0 Å². The van der Waals surface area contributed by atoms with Gasteiger partial charge in [0.1, 0.15) is 4.88 Å². The molecule has 2 aliphatic heterocycles. The third-order valence-electron chi connectivity index (χ3n) is 6.99. The lowest BCUT2D eigenvalue weighted by Crippen LogP contribution is -2.46. The maximum absolute atomic E-state index is 12.8. The average Bonchev–Trinajstić information content (AvgIpc) is 3.25. The molecule has 2 aromatic carbocycles. The molecule has 3 heterocycles. The molecule has 1 saturated heterocycles. The minimum absolute atomic E-state index is 0.0770. The van der Waals surface area contributed by atoms with Crippen molar-refractivity contribution in [3.05, 3.63) is 75.3 Å². The van der Waals surface area contributed by atoms with Gasteiger partial charge in [-0.3, -0.25) is 4.79 Å². The van der Waals surface area contributed by atoms with Crippen LogP contribution in [0.4, 0.5) is 5.69 Å². The Morgan fingerprint density at radius 2 is 2.00 bits per heavy atom. The van der Waals surface area contributed by atoms with Crippen LogP contribution in [0.25, 0.3) is 0 Å². The predicted octanol–water partition coefficient (Wildman–Crippen LogP) is 4.65. The first-order valence-corrected chi connectivity index (χ1v) is 12.0. The molecule has 0 saturated carbocycles. The van der Waals surface area contributed by atoms with Crippen molar-refractivity contribution in [1.82, 2.24) is 14.9 Å². The van der Waals surface area contributed by atoms with Gasteiger partial charge in [0.25, 0.3) is 5.91 Å². The van der Waals surface area contributed by atoms with Crippen LogP contribution in [-0.4, -0.2) is 39.0 Å². The molecule has 1 amide bonds. The van der Waals surface area contributed by atoms with Gasteiger partial charge in [0, 0.05) is 24.2 Å². The second kappa shape index (κ2) is 8.59. The number of nitrogens with zero attached hydrogens (tertiary/aromatic N) is 4. The van der Waals surface area contributed by atoms with Crippen molar-refractivity contribution >= 4 is 28.8 Å². The molecule has 0 unspecified atom stereocenters. The zero-order valence-electron chi connectivity index (χ0n) is 18.9. The highest BCUT2D eigenvalue weighted by molar-refractivity contribution is 7.08. The van der Waals surface area contributed by atoms with Crippen LogP contribution in [0.15, 0.2) is 47.6 Å². The smallest absolute Gasteiger partial charge is 0.265 e. The Morgan fingerprint density at radius 1 is 1.21 bits per heavy atom. The molecule has 1 fully saturated rings. The van der Waals surface area contributed by atoms with E-state index in [1.54, 1.807) is 0 Å². The fourth-order valence-electron chi connectivity index (χ4n) is 5.19. The van der Waals surface area contributed by atoms with Crippen LogP contribution in [0, 0.1) is 6.92 Å². The molecule has 5 rings (SSSR count). The number of amides is 1. The number of hydrogen-bond acceptors (Lipinski definition) is 7. The molecule has 3 aromatic rings. The lowest BCUT2D eigenvalue weighted by molar-refractivity contribution is 0.0930. The number of oxime groups is 1. The summed E-state index contributed by atoms with van der Waals surface area (Å²) in [5.41, 5.74) is 7.27. The first-order chi connectivity index (χ1) is 16.0. The number of fused-ring (bicyclic) bond motifs is 5. The Bertz CT molecular complexity index is 1240. The summed E-state index contributed by atoms with van der Waals surface area (Å²) in [6.07, 6.45) is 1.70. The Kier molecular flexibility index (Phi) is 5.62. The Balaban J connectivity index is 1.51. The molecule has 1 aromatic heterocycles. The van der Waals surface area contributed by atoms with Crippen molar-refractivity contribution < 1.29 is 10.0 Å². The van der Waals surface area contributed by atoms with E-state index in [1.165, 1.54) is 22.4 Å². The Hall–Kier alpha value is -3.26. The van der Waals surface area contributed by atoms with E-state index in [0.717, 1.165) is 36.5 Å². The number of hydrogen-bond donors (Lipinski definition) is 2. The molecule has 0 bridgehead atoms. The van der Waals surface area contributed by atoms with E-state index in [9.17, 15) is 10.0 Å². The SMILES string of the molecule is C/C(=N\O)c1ccc2c(c1)[C@H](C)c1ccccc1[C@H]1C[C@H](NC(=O)c3snnc3C)CCN21. The zero-order valence-corrected chi connectivity index (χ0v) is 19.8. The molecule has 33 heavy (non-hydrogen) atoms. The van der Waals surface area contributed by atoms with Gasteiger partial charge in [-0.25, -0.2) is 0 Å². The van der Waals surface area contributed by atoms with E-state index in [-0.39, 0.29) is 23.9 Å². The molecule has 170 valence electrons. The summed E-state index contributed by atoms with van der Waals surface area (Å²) in [6, 6.07) is 15.2. The second-order valence-electron chi connectivity index (χ2n) is 8.90. The van der Waals surface area contributed by atoms with Crippen LogP contribution in [0.2, 0.25) is 0 Å². The molecule has 0 aliphatic carbocycles. The van der Waals surface area contributed by atoms with Gasteiger partial charge in [-0.15, -0.1) is 5.10 Å². The fraction of sp³-hybridized carbons (Fsp3) is 0.360. The van der Waals surface area contributed by atoms with Gasteiger partial charge >= 0.3 is 0 Å². The van der Waals surface area contributed by atoms with E-state index in [4.69, 9.17) is 0 Å². The zero-order chi connectivity index (χ0) is 23.1. The largest absolute Gasteiger partial charge is 0.411 e. The van der Waals surface area contributed by atoms with Crippen LogP contribution >= 0.6 is 11.5 Å². The van der Waals surface area contributed by atoms with E-state index >= 15 is 0 Å². The predicted molar refractivity (Wildman–Crippen MR) is 130 cm³/mol. The van der Waals surface area contributed by atoms with Crippen LogP contribution in [0.5, 0.6) is 0 Å². The number of anilines is 1. The second-order valence-corrected chi connectivity index (χ2v) is 9.66. The van der Waals surface area contributed by atoms with Crippen LogP contribution < -0.4 is 10.2 Å². The molecule has 0 spiro atoms. The standard InChI is InChI=1S/C25H27N5O2S/c1-14-19-6-4-5-7-20(19)23-13-18(26-25(31)24-16(3)27-29-33-24)10-11-30(23)22-9-8-17(12-21(14)22)15(2)28-32/h4-9,12,14,18,23,32H,10-11,13H2,1-3H3,(H,26,31)/b28-15+/t14-,18-,23-/m1/s1. The summed E-state index contributed by atoms with van der Waals surface area (Å²) in [5, 5.41) is 19.9. The van der Waals surface area contributed by atoms with Gasteiger partial charge in [0.15, 0.2) is 0 Å². The Morgan fingerprint density at radius 3 is 2.73 bits per heavy atom. The van der Waals surface area contributed by atoms with Gasteiger partial charge in [-0.05, 0) is 72.6 Å². The number of benzene rings is 2.